The van der Waals surface area contributed by atoms with Crippen molar-refractivity contribution in [2.24, 2.45) is 0 Å². The molecular formula is C12H20O. The van der Waals surface area contributed by atoms with Gasteiger partial charge in [0, 0.05) is 0 Å². The molecule has 0 aliphatic heterocycles. The molecule has 0 spiro atoms. The fourth-order valence-electron chi connectivity index (χ4n) is 1.18. The van der Waals surface area contributed by atoms with Gasteiger partial charge in [-0.05, 0) is 43.0 Å². The summed E-state index contributed by atoms with van der Waals surface area (Å²) in [5, 5.41) is 8.93. The third-order valence-corrected chi connectivity index (χ3v) is 2.34. The summed E-state index contributed by atoms with van der Waals surface area (Å²) in [6.07, 6.45) is 0. The largest absolute Gasteiger partial charge is 0.392 e. The molecule has 13 heavy (non-hydrogen) atoms. The van der Waals surface area contributed by atoms with E-state index in [4.69, 9.17) is 5.11 Å². The highest BCUT2D eigenvalue weighted by molar-refractivity contribution is 5.38. The highest BCUT2D eigenvalue weighted by Gasteiger charge is 2.00. The third kappa shape index (κ3) is 2.85. The molecule has 0 bridgehead atoms. The normalized spacial score (nSPS) is 9.08. The summed E-state index contributed by atoms with van der Waals surface area (Å²) < 4.78 is 0. The summed E-state index contributed by atoms with van der Waals surface area (Å²) in [4.78, 5) is 0. The van der Waals surface area contributed by atoms with Gasteiger partial charge in [0.05, 0.1) is 6.61 Å². The first-order valence-electron chi connectivity index (χ1n) is 4.83. The summed E-state index contributed by atoms with van der Waals surface area (Å²) in [5.74, 6) is 0. The lowest BCUT2D eigenvalue weighted by atomic mass is 9.99. The fraction of sp³-hybridized carbons (Fsp3) is 0.500. The molecule has 0 heterocycles. The van der Waals surface area contributed by atoms with Crippen molar-refractivity contribution in [3.8, 4) is 0 Å². The Balaban J connectivity index is 0.000000671. The molecule has 1 aromatic rings. The van der Waals surface area contributed by atoms with Crippen molar-refractivity contribution >= 4 is 0 Å². The minimum Gasteiger partial charge on any atom is -0.392 e. The van der Waals surface area contributed by atoms with Gasteiger partial charge in [0.1, 0.15) is 0 Å². The van der Waals surface area contributed by atoms with E-state index >= 15 is 0 Å². The average Bonchev–Trinajstić information content (AvgIpc) is 2.18. The molecule has 1 nitrogen and oxygen atoms in total. The Bertz CT molecular complexity index is 264. The Kier molecular flexibility index (Phi) is 5.40. The van der Waals surface area contributed by atoms with Crippen LogP contribution in [0.1, 0.15) is 36.1 Å². The average molecular weight is 180 g/mol. The van der Waals surface area contributed by atoms with E-state index in [1.54, 1.807) is 0 Å². The predicted molar refractivity (Wildman–Crippen MR) is 57.9 cm³/mol. The zero-order chi connectivity index (χ0) is 10.4. The van der Waals surface area contributed by atoms with Crippen LogP contribution in [0, 0.1) is 20.8 Å². The summed E-state index contributed by atoms with van der Waals surface area (Å²) in [5.41, 5.74) is 4.83. The Labute approximate surface area is 81.4 Å². The SMILES string of the molecule is CC.Cc1ccc(CO)c(C)c1C. The Morgan fingerprint density at radius 1 is 1.00 bits per heavy atom. The molecule has 0 saturated carbocycles. The van der Waals surface area contributed by atoms with Gasteiger partial charge in [0.2, 0.25) is 0 Å². The molecule has 0 fully saturated rings. The zero-order valence-electron chi connectivity index (χ0n) is 9.31. The van der Waals surface area contributed by atoms with Crippen molar-refractivity contribution < 1.29 is 5.11 Å². The minimum absolute atomic E-state index is 0.146. The van der Waals surface area contributed by atoms with Gasteiger partial charge in [-0.3, -0.25) is 0 Å². The molecule has 0 radical (unpaired) electrons. The molecule has 1 rings (SSSR count). The second kappa shape index (κ2) is 5.76. The maximum absolute atomic E-state index is 8.93. The van der Waals surface area contributed by atoms with Gasteiger partial charge in [0.15, 0.2) is 0 Å². The van der Waals surface area contributed by atoms with Crippen LogP contribution in [-0.4, -0.2) is 5.11 Å². The molecule has 1 N–H and O–H groups in total. The van der Waals surface area contributed by atoms with Gasteiger partial charge in [-0.2, -0.15) is 0 Å². The second-order valence-electron chi connectivity index (χ2n) is 2.95. The first kappa shape index (κ1) is 12.2. The first-order chi connectivity index (χ1) is 6.16. The van der Waals surface area contributed by atoms with E-state index in [0.29, 0.717) is 0 Å². The summed E-state index contributed by atoms with van der Waals surface area (Å²) in [6.45, 7) is 10.4. The molecule has 0 aromatic heterocycles. The number of hydrogen-bond donors (Lipinski definition) is 1. The first-order valence-corrected chi connectivity index (χ1v) is 4.83. The van der Waals surface area contributed by atoms with Gasteiger partial charge < -0.3 is 5.11 Å². The van der Waals surface area contributed by atoms with E-state index in [1.807, 2.05) is 32.9 Å². The van der Waals surface area contributed by atoms with Gasteiger partial charge >= 0.3 is 0 Å². The molecule has 0 aliphatic rings. The van der Waals surface area contributed by atoms with Gasteiger partial charge in [-0.25, -0.2) is 0 Å². The van der Waals surface area contributed by atoms with Crippen molar-refractivity contribution in [3.05, 3.63) is 34.4 Å². The Morgan fingerprint density at radius 2 is 1.54 bits per heavy atom. The highest BCUT2D eigenvalue weighted by atomic mass is 16.3. The quantitative estimate of drug-likeness (QED) is 0.704. The number of hydrogen-bond acceptors (Lipinski definition) is 1. The van der Waals surface area contributed by atoms with Crippen LogP contribution in [0.25, 0.3) is 0 Å². The topological polar surface area (TPSA) is 20.2 Å². The van der Waals surface area contributed by atoms with Crippen LogP contribution in [0.3, 0.4) is 0 Å². The van der Waals surface area contributed by atoms with E-state index < -0.39 is 0 Å². The van der Waals surface area contributed by atoms with Crippen molar-refractivity contribution in [3.63, 3.8) is 0 Å². The van der Waals surface area contributed by atoms with Crippen LogP contribution in [0.5, 0.6) is 0 Å². The second-order valence-corrected chi connectivity index (χ2v) is 2.95. The molecule has 0 atom stereocenters. The van der Waals surface area contributed by atoms with Crippen molar-refractivity contribution in [2.75, 3.05) is 0 Å². The molecule has 0 unspecified atom stereocenters. The van der Waals surface area contributed by atoms with Crippen LogP contribution in [0.15, 0.2) is 12.1 Å². The maximum atomic E-state index is 8.93. The van der Waals surface area contributed by atoms with Crippen molar-refractivity contribution in [1.82, 2.24) is 0 Å². The summed E-state index contributed by atoms with van der Waals surface area (Å²) >= 11 is 0. The van der Waals surface area contributed by atoms with Gasteiger partial charge in [-0.1, -0.05) is 26.0 Å². The van der Waals surface area contributed by atoms with Gasteiger partial charge in [0.25, 0.3) is 0 Å². The number of rotatable bonds is 1. The lowest BCUT2D eigenvalue weighted by Gasteiger charge is -2.08. The van der Waals surface area contributed by atoms with E-state index in [9.17, 15) is 0 Å². The molecule has 1 heteroatoms. The van der Waals surface area contributed by atoms with Crippen molar-refractivity contribution in [1.29, 1.82) is 0 Å². The summed E-state index contributed by atoms with van der Waals surface area (Å²) in [6, 6.07) is 4.03. The smallest absolute Gasteiger partial charge is 0.0684 e. The van der Waals surface area contributed by atoms with E-state index in [1.165, 1.54) is 16.7 Å². The number of aliphatic hydroxyl groups excluding tert-OH is 1. The Hall–Kier alpha value is -0.820. The monoisotopic (exact) mass is 180 g/mol. The lowest BCUT2D eigenvalue weighted by Crippen LogP contribution is -1.93. The lowest BCUT2D eigenvalue weighted by molar-refractivity contribution is 0.281. The minimum atomic E-state index is 0.146. The van der Waals surface area contributed by atoms with E-state index in [0.717, 1.165) is 5.56 Å². The molecule has 74 valence electrons. The fourth-order valence-corrected chi connectivity index (χ4v) is 1.18. The van der Waals surface area contributed by atoms with E-state index in [-0.39, 0.29) is 6.61 Å². The molecule has 0 amide bonds. The highest BCUT2D eigenvalue weighted by Crippen LogP contribution is 2.16. The van der Waals surface area contributed by atoms with Gasteiger partial charge in [-0.15, -0.1) is 0 Å². The zero-order valence-corrected chi connectivity index (χ0v) is 9.31. The third-order valence-electron chi connectivity index (χ3n) is 2.34. The molecule has 0 aliphatic carbocycles. The predicted octanol–water partition coefficient (Wildman–Crippen LogP) is 3.13. The van der Waals surface area contributed by atoms with E-state index in [2.05, 4.69) is 13.8 Å². The Morgan fingerprint density at radius 3 is 2.00 bits per heavy atom. The number of aryl methyl sites for hydroxylation is 1. The van der Waals surface area contributed by atoms with Crippen LogP contribution in [0.2, 0.25) is 0 Å². The maximum Gasteiger partial charge on any atom is 0.0684 e. The van der Waals surface area contributed by atoms with Crippen LogP contribution < -0.4 is 0 Å². The van der Waals surface area contributed by atoms with Crippen molar-refractivity contribution in [2.45, 2.75) is 41.2 Å². The van der Waals surface area contributed by atoms with Crippen LogP contribution in [-0.2, 0) is 6.61 Å². The molecule has 1 aromatic carbocycles. The number of aliphatic hydroxyl groups is 1. The number of benzene rings is 1. The van der Waals surface area contributed by atoms with Crippen LogP contribution >= 0.6 is 0 Å². The molecule has 0 saturated heterocycles. The standard InChI is InChI=1S/C10H14O.C2H6/c1-7-4-5-10(6-11)9(3)8(7)2;1-2/h4-5,11H,6H2,1-3H3;1-2H3. The van der Waals surface area contributed by atoms with Crippen LogP contribution in [0.4, 0.5) is 0 Å². The molecular weight excluding hydrogens is 160 g/mol. The summed E-state index contributed by atoms with van der Waals surface area (Å²) in [7, 11) is 0.